The van der Waals surface area contributed by atoms with Crippen molar-refractivity contribution >= 4 is 17.8 Å². The van der Waals surface area contributed by atoms with E-state index in [1.165, 1.54) is 24.5 Å². The molecule has 0 spiro atoms. The number of carbonyl (C=O) groups is 1. The minimum Gasteiger partial charge on any atom is -0.481 e. The third-order valence-electron chi connectivity index (χ3n) is 2.98. The fraction of sp³-hybridized carbons (Fsp3) is 0.200. The zero-order valence-corrected chi connectivity index (χ0v) is 10.9. The van der Waals surface area contributed by atoms with Gasteiger partial charge in [-0.05, 0) is 35.3 Å². The Morgan fingerprint density at radius 2 is 1.90 bits per heavy atom. The fourth-order valence-electron chi connectivity index (χ4n) is 1.93. The summed E-state index contributed by atoms with van der Waals surface area (Å²) < 4.78 is 37.5. The number of aliphatic carboxylic acids is 1. The van der Waals surface area contributed by atoms with E-state index in [4.69, 9.17) is 5.11 Å². The van der Waals surface area contributed by atoms with Crippen molar-refractivity contribution in [2.45, 2.75) is 19.0 Å². The van der Waals surface area contributed by atoms with Gasteiger partial charge in [0.2, 0.25) is 0 Å². The maximum absolute atomic E-state index is 12.5. The van der Waals surface area contributed by atoms with Crippen molar-refractivity contribution in [3.63, 3.8) is 0 Å². The van der Waals surface area contributed by atoms with Gasteiger partial charge in [0.15, 0.2) is 0 Å². The number of halogens is 3. The molecule has 6 heteroatoms. The lowest BCUT2D eigenvalue weighted by Crippen LogP contribution is -2.04. The third-order valence-corrected chi connectivity index (χ3v) is 2.98. The second-order valence-electron chi connectivity index (χ2n) is 4.57. The van der Waals surface area contributed by atoms with Gasteiger partial charge in [0.05, 0.1) is 12.0 Å². The van der Waals surface area contributed by atoms with Crippen molar-refractivity contribution in [2.75, 3.05) is 0 Å². The molecule has 0 bridgehead atoms. The van der Waals surface area contributed by atoms with E-state index in [0.29, 0.717) is 23.1 Å². The van der Waals surface area contributed by atoms with E-state index in [1.807, 2.05) is 0 Å². The van der Waals surface area contributed by atoms with Crippen LogP contribution in [0.5, 0.6) is 0 Å². The first-order valence-corrected chi connectivity index (χ1v) is 6.17. The largest absolute Gasteiger partial charge is 0.481 e. The van der Waals surface area contributed by atoms with Crippen LogP contribution in [0.2, 0.25) is 0 Å². The van der Waals surface area contributed by atoms with Crippen molar-refractivity contribution in [3.05, 3.63) is 53.2 Å². The highest BCUT2D eigenvalue weighted by Crippen LogP contribution is 2.30. The lowest BCUT2D eigenvalue weighted by molar-refractivity contribution is -0.138. The standard InChI is InChI=1S/C15H12F3NO2/c16-15(17,18)13-5-3-11(4-6-13)12-2-1-10(7-14(20)21)8-19-9-12/h2-6,8-9H,1,7H2,(H,20,21). The summed E-state index contributed by atoms with van der Waals surface area (Å²) in [6.45, 7) is 0. The van der Waals surface area contributed by atoms with Crippen LogP contribution in [-0.4, -0.2) is 17.3 Å². The van der Waals surface area contributed by atoms with Crippen molar-refractivity contribution < 1.29 is 23.1 Å². The van der Waals surface area contributed by atoms with Crippen molar-refractivity contribution in [1.82, 2.24) is 0 Å². The van der Waals surface area contributed by atoms with Crippen LogP contribution in [0.3, 0.4) is 0 Å². The summed E-state index contributed by atoms with van der Waals surface area (Å²) in [5.41, 5.74) is 1.21. The molecular weight excluding hydrogens is 283 g/mol. The molecule has 1 N–H and O–H groups in total. The summed E-state index contributed by atoms with van der Waals surface area (Å²) in [5.74, 6) is -0.942. The van der Waals surface area contributed by atoms with Gasteiger partial charge in [-0.1, -0.05) is 18.2 Å². The number of carboxylic acid groups (broad SMARTS) is 1. The molecule has 1 aromatic carbocycles. The number of hydrogen-bond acceptors (Lipinski definition) is 2. The Kier molecular flexibility index (Phi) is 4.26. The number of allylic oxidation sites excluding steroid dienone is 2. The number of nitrogens with zero attached hydrogens (tertiary/aromatic N) is 1. The number of alkyl halides is 3. The molecule has 1 aliphatic heterocycles. The summed E-state index contributed by atoms with van der Waals surface area (Å²) in [5, 5.41) is 8.73. The van der Waals surface area contributed by atoms with E-state index in [0.717, 1.165) is 12.1 Å². The minimum atomic E-state index is -4.36. The van der Waals surface area contributed by atoms with E-state index in [9.17, 15) is 18.0 Å². The minimum absolute atomic E-state index is 0.103. The van der Waals surface area contributed by atoms with Crippen LogP contribution in [0.1, 0.15) is 24.0 Å². The maximum Gasteiger partial charge on any atom is 0.416 e. The predicted molar refractivity (Wildman–Crippen MR) is 72.9 cm³/mol. The molecule has 0 unspecified atom stereocenters. The van der Waals surface area contributed by atoms with Gasteiger partial charge < -0.3 is 5.11 Å². The van der Waals surface area contributed by atoms with Crippen molar-refractivity contribution in [2.24, 2.45) is 4.99 Å². The molecule has 1 aromatic rings. The molecule has 0 saturated heterocycles. The molecule has 1 aliphatic rings. The van der Waals surface area contributed by atoms with Gasteiger partial charge in [-0.3, -0.25) is 9.79 Å². The third kappa shape index (κ3) is 4.05. The Balaban J connectivity index is 2.17. The van der Waals surface area contributed by atoms with Crippen LogP contribution >= 0.6 is 0 Å². The quantitative estimate of drug-likeness (QED) is 0.918. The van der Waals surface area contributed by atoms with E-state index in [-0.39, 0.29) is 6.42 Å². The molecule has 0 saturated carbocycles. The molecule has 2 rings (SSSR count). The molecule has 110 valence electrons. The predicted octanol–water partition coefficient (Wildman–Crippen LogP) is 3.92. The van der Waals surface area contributed by atoms with Gasteiger partial charge >= 0.3 is 12.1 Å². The summed E-state index contributed by atoms with van der Waals surface area (Å²) in [6, 6.07) is 4.78. The van der Waals surface area contributed by atoms with Crippen molar-refractivity contribution in [3.8, 4) is 0 Å². The van der Waals surface area contributed by atoms with E-state index < -0.39 is 17.7 Å². The maximum atomic E-state index is 12.5. The van der Waals surface area contributed by atoms with Gasteiger partial charge in [-0.15, -0.1) is 0 Å². The first-order valence-electron chi connectivity index (χ1n) is 6.17. The second kappa shape index (κ2) is 5.95. The monoisotopic (exact) mass is 295 g/mol. The Hall–Kier alpha value is -2.37. The zero-order chi connectivity index (χ0) is 15.5. The van der Waals surface area contributed by atoms with E-state index in [2.05, 4.69) is 4.99 Å². The number of carboxylic acids is 1. The Morgan fingerprint density at radius 3 is 2.48 bits per heavy atom. The van der Waals surface area contributed by atoms with E-state index >= 15 is 0 Å². The van der Waals surface area contributed by atoms with Crippen molar-refractivity contribution in [1.29, 1.82) is 0 Å². The normalized spacial score (nSPS) is 15.2. The molecule has 0 atom stereocenters. The molecule has 0 aliphatic carbocycles. The highest BCUT2D eigenvalue weighted by Gasteiger charge is 2.29. The lowest BCUT2D eigenvalue weighted by atomic mass is 10.0. The number of rotatable bonds is 3. The molecule has 0 radical (unpaired) electrons. The first-order chi connectivity index (χ1) is 9.86. The van der Waals surface area contributed by atoms with Gasteiger partial charge in [-0.25, -0.2) is 0 Å². The second-order valence-corrected chi connectivity index (χ2v) is 4.57. The smallest absolute Gasteiger partial charge is 0.416 e. The van der Waals surface area contributed by atoms with Crippen LogP contribution in [-0.2, 0) is 11.0 Å². The topological polar surface area (TPSA) is 49.7 Å². The molecule has 0 fully saturated rings. The van der Waals surface area contributed by atoms with Gasteiger partial charge in [0.25, 0.3) is 0 Å². The Morgan fingerprint density at radius 1 is 1.24 bits per heavy atom. The van der Waals surface area contributed by atoms with Crippen LogP contribution in [0.4, 0.5) is 13.2 Å². The SMILES string of the molecule is O=C(O)CC1=CN=CC(c2ccc(C(F)(F)F)cc2)=CC1. The summed E-state index contributed by atoms with van der Waals surface area (Å²) in [4.78, 5) is 14.6. The molecule has 3 nitrogen and oxygen atoms in total. The summed E-state index contributed by atoms with van der Waals surface area (Å²) >= 11 is 0. The highest BCUT2D eigenvalue weighted by molar-refractivity contribution is 6.10. The molecular formula is C15H12F3NO2. The average Bonchev–Trinajstić information content (AvgIpc) is 2.63. The lowest BCUT2D eigenvalue weighted by Gasteiger charge is -2.07. The van der Waals surface area contributed by atoms with Crippen LogP contribution in [0, 0.1) is 0 Å². The van der Waals surface area contributed by atoms with Gasteiger partial charge in [0.1, 0.15) is 0 Å². The molecule has 21 heavy (non-hydrogen) atoms. The van der Waals surface area contributed by atoms with Crippen LogP contribution in [0.25, 0.3) is 5.57 Å². The average molecular weight is 295 g/mol. The van der Waals surface area contributed by atoms with Crippen LogP contribution < -0.4 is 0 Å². The van der Waals surface area contributed by atoms with Gasteiger partial charge in [0, 0.05) is 12.4 Å². The molecule has 1 heterocycles. The molecule has 0 amide bonds. The number of aliphatic imine (C=N–C) groups is 1. The zero-order valence-electron chi connectivity index (χ0n) is 10.9. The summed E-state index contributed by atoms with van der Waals surface area (Å²) in [6.07, 6.45) is 0.685. The van der Waals surface area contributed by atoms with Gasteiger partial charge in [-0.2, -0.15) is 13.2 Å². The summed E-state index contributed by atoms with van der Waals surface area (Å²) in [7, 11) is 0. The fourth-order valence-corrected chi connectivity index (χ4v) is 1.93. The Labute approximate surface area is 119 Å². The van der Waals surface area contributed by atoms with Crippen LogP contribution in [0.15, 0.2) is 47.1 Å². The first kappa shape index (κ1) is 15.0. The highest BCUT2D eigenvalue weighted by atomic mass is 19.4. The van der Waals surface area contributed by atoms with E-state index in [1.54, 1.807) is 6.08 Å². The Bertz CT molecular complexity index is 625. The number of hydrogen-bond donors (Lipinski definition) is 1. The number of benzene rings is 1. The molecule has 0 aromatic heterocycles.